The average Bonchev–Trinajstić information content (AvgIpc) is 2.84. The van der Waals surface area contributed by atoms with Crippen molar-refractivity contribution < 1.29 is 33.2 Å². The number of aryl methyl sites for hydroxylation is 1. The van der Waals surface area contributed by atoms with Crippen molar-refractivity contribution in [1.29, 1.82) is 0 Å². The van der Waals surface area contributed by atoms with Crippen molar-refractivity contribution in [2.45, 2.75) is 39.5 Å². The monoisotopic (exact) mass is 474 g/mol. The van der Waals surface area contributed by atoms with Crippen LogP contribution in [0.4, 0.5) is 0 Å². The zero-order valence-corrected chi connectivity index (χ0v) is 21.1. The van der Waals surface area contributed by atoms with Gasteiger partial charge in [-0.15, -0.1) is 0 Å². The standard InChI is InChI=1S/C27H38O7/c1-6-23-24(12-13-32-15-14-29-3)27(22-9-7-8-21(16-22)11-10-20(2)28)26(34-19-31-5)17-25(23)33-18-30-4/h7-9,16-17H,6,10-15,18-19H2,1-5H3. The zero-order valence-electron chi connectivity index (χ0n) is 21.1. The third-order valence-electron chi connectivity index (χ3n) is 5.40. The molecule has 0 aliphatic heterocycles. The number of methoxy groups -OCH3 is 3. The smallest absolute Gasteiger partial charge is 0.188 e. The number of rotatable bonds is 17. The van der Waals surface area contributed by atoms with Gasteiger partial charge in [0.05, 0.1) is 19.8 Å². The van der Waals surface area contributed by atoms with E-state index in [2.05, 4.69) is 19.1 Å². The molecule has 0 aliphatic carbocycles. The number of carbonyl (C=O) groups is 1. The molecule has 0 spiro atoms. The fraction of sp³-hybridized carbons (Fsp3) is 0.519. The molecule has 7 heteroatoms. The summed E-state index contributed by atoms with van der Waals surface area (Å²) in [5.41, 5.74) is 5.29. The molecule has 2 aromatic carbocycles. The van der Waals surface area contributed by atoms with Crippen LogP contribution in [0.1, 0.15) is 37.0 Å². The quantitative estimate of drug-likeness (QED) is 0.245. The van der Waals surface area contributed by atoms with E-state index in [1.165, 1.54) is 0 Å². The van der Waals surface area contributed by atoms with E-state index in [9.17, 15) is 4.79 Å². The van der Waals surface area contributed by atoms with Crippen LogP contribution in [0, 0.1) is 0 Å². The van der Waals surface area contributed by atoms with E-state index in [4.69, 9.17) is 28.4 Å². The Labute approximate surface area is 203 Å². The average molecular weight is 475 g/mol. The molecule has 0 aliphatic rings. The van der Waals surface area contributed by atoms with Gasteiger partial charge in [-0.25, -0.2) is 0 Å². The van der Waals surface area contributed by atoms with Gasteiger partial charge in [-0.3, -0.25) is 0 Å². The minimum Gasteiger partial charge on any atom is -0.467 e. The van der Waals surface area contributed by atoms with Crippen molar-refractivity contribution in [3.05, 3.63) is 47.0 Å². The van der Waals surface area contributed by atoms with Crippen molar-refractivity contribution in [2.24, 2.45) is 0 Å². The summed E-state index contributed by atoms with van der Waals surface area (Å²) in [7, 11) is 4.85. The topological polar surface area (TPSA) is 72.5 Å². The molecule has 0 bridgehead atoms. The second kappa shape index (κ2) is 15.5. The minimum atomic E-state index is 0.107. The fourth-order valence-corrected chi connectivity index (χ4v) is 3.82. The van der Waals surface area contributed by atoms with E-state index in [0.717, 1.165) is 40.0 Å². The Hall–Kier alpha value is -2.45. The van der Waals surface area contributed by atoms with Gasteiger partial charge in [0.1, 0.15) is 17.3 Å². The highest BCUT2D eigenvalue weighted by Gasteiger charge is 2.21. The summed E-state index contributed by atoms with van der Waals surface area (Å²) in [6.45, 7) is 5.58. The number of carbonyl (C=O) groups excluding carboxylic acids is 1. The summed E-state index contributed by atoms with van der Waals surface area (Å²) < 4.78 is 33.2. The SMILES string of the molecule is CCc1c(OCOC)cc(OCOC)c(-c2cccc(CCC(C)=O)c2)c1CCOCCOC. The molecule has 0 N–H and O–H groups in total. The molecular weight excluding hydrogens is 436 g/mol. The first-order valence-electron chi connectivity index (χ1n) is 11.6. The summed E-state index contributed by atoms with van der Waals surface area (Å²) in [5, 5.41) is 0. The number of hydrogen-bond donors (Lipinski definition) is 0. The Morgan fingerprint density at radius 2 is 1.56 bits per heavy atom. The lowest BCUT2D eigenvalue weighted by molar-refractivity contribution is -0.116. The van der Waals surface area contributed by atoms with E-state index in [1.807, 2.05) is 18.2 Å². The second-order valence-electron chi connectivity index (χ2n) is 7.92. The van der Waals surface area contributed by atoms with Crippen LogP contribution in [0.5, 0.6) is 11.5 Å². The second-order valence-corrected chi connectivity index (χ2v) is 7.92. The third-order valence-corrected chi connectivity index (χ3v) is 5.40. The van der Waals surface area contributed by atoms with Crippen LogP contribution in [-0.2, 0) is 43.0 Å². The maximum atomic E-state index is 11.5. The van der Waals surface area contributed by atoms with Crippen LogP contribution in [0.2, 0.25) is 0 Å². The normalized spacial score (nSPS) is 11.0. The van der Waals surface area contributed by atoms with E-state index < -0.39 is 0 Å². The molecule has 0 saturated carbocycles. The van der Waals surface area contributed by atoms with Crippen molar-refractivity contribution in [3.8, 4) is 22.6 Å². The zero-order chi connectivity index (χ0) is 24.8. The van der Waals surface area contributed by atoms with E-state index >= 15 is 0 Å². The Kier molecular flexibility index (Phi) is 12.6. The van der Waals surface area contributed by atoms with E-state index in [1.54, 1.807) is 28.3 Å². The molecule has 2 aromatic rings. The van der Waals surface area contributed by atoms with Crippen LogP contribution < -0.4 is 9.47 Å². The summed E-state index contributed by atoms with van der Waals surface area (Å²) in [6, 6.07) is 10.2. The highest BCUT2D eigenvalue weighted by Crippen LogP contribution is 2.41. The number of ketones is 1. The first-order chi connectivity index (χ1) is 16.5. The van der Waals surface area contributed by atoms with Crippen LogP contribution in [0.15, 0.2) is 30.3 Å². The van der Waals surface area contributed by atoms with Gasteiger partial charge >= 0.3 is 0 Å². The van der Waals surface area contributed by atoms with Gasteiger partial charge in [0, 0.05) is 39.4 Å². The molecular formula is C27H38O7. The number of benzene rings is 2. The molecule has 0 heterocycles. The van der Waals surface area contributed by atoms with E-state index in [-0.39, 0.29) is 19.4 Å². The first kappa shape index (κ1) is 27.8. The molecule has 0 amide bonds. The summed E-state index contributed by atoms with van der Waals surface area (Å²) in [5.74, 6) is 1.57. The summed E-state index contributed by atoms with van der Waals surface area (Å²) in [6.07, 6.45) is 2.66. The largest absolute Gasteiger partial charge is 0.467 e. The predicted molar refractivity (Wildman–Crippen MR) is 132 cm³/mol. The number of hydrogen-bond acceptors (Lipinski definition) is 7. The molecule has 34 heavy (non-hydrogen) atoms. The maximum absolute atomic E-state index is 11.5. The van der Waals surface area contributed by atoms with Crippen molar-refractivity contribution >= 4 is 5.78 Å². The molecule has 7 nitrogen and oxygen atoms in total. The van der Waals surface area contributed by atoms with Gasteiger partial charge in [-0.1, -0.05) is 31.2 Å². The fourth-order valence-electron chi connectivity index (χ4n) is 3.82. The van der Waals surface area contributed by atoms with E-state index in [0.29, 0.717) is 44.8 Å². The first-order valence-corrected chi connectivity index (χ1v) is 11.6. The summed E-state index contributed by atoms with van der Waals surface area (Å²) >= 11 is 0. The Morgan fingerprint density at radius 1 is 0.824 bits per heavy atom. The molecule has 188 valence electrons. The molecule has 0 unspecified atom stereocenters. The lowest BCUT2D eigenvalue weighted by atomic mass is 9.89. The van der Waals surface area contributed by atoms with Gasteiger partial charge in [0.25, 0.3) is 0 Å². The number of Topliss-reactive ketones (excluding diaryl/α,β-unsaturated/α-hetero) is 1. The van der Waals surface area contributed by atoms with Crippen LogP contribution >= 0.6 is 0 Å². The number of ether oxygens (including phenoxy) is 6. The van der Waals surface area contributed by atoms with Crippen LogP contribution in [-0.4, -0.2) is 60.5 Å². The third kappa shape index (κ3) is 8.40. The molecule has 0 fully saturated rings. The minimum absolute atomic E-state index is 0.107. The van der Waals surface area contributed by atoms with Gasteiger partial charge in [-0.05, 0) is 48.4 Å². The molecule has 0 atom stereocenters. The van der Waals surface area contributed by atoms with Crippen molar-refractivity contribution in [3.63, 3.8) is 0 Å². The lowest BCUT2D eigenvalue weighted by Crippen LogP contribution is -2.11. The predicted octanol–water partition coefficient (Wildman–Crippen LogP) is 4.61. The Morgan fingerprint density at radius 3 is 2.21 bits per heavy atom. The molecule has 0 radical (unpaired) electrons. The molecule has 0 saturated heterocycles. The van der Waals surface area contributed by atoms with Crippen molar-refractivity contribution in [2.75, 3.05) is 54.7 Å². The maximum Gasteiger partial charge on any atom is 0.188 e. The lowest BCUT2D eigenvalue weighted by Gasteiger charge is -2.22. The van der Waals surface area contributed by atoms with Crippen LogP contribution in [0.3, 0.4) is 0 Å². The molecule has 2 rings (SSSR count). The highest BCUT2D eigenvalue weighted by molar-refractivity contribution is 5.78. The van der Waals surface area contributed by atoms with Crippen molar-refractivity contribution in [1.82, 2.24) is 0 Å². The Balaban J connectivity index is 2.58. The van der Waals surface area contributed by atoms with Gasteiger partial charge in [0.2, 0.25) is 0 Å². The van der Waals surface area contributed by atoms with Gasteiger partial charge in [0.15, 0.2) is 13.6 Å². The van der Waals surface area contributed by atoms with Crippen LogP contribution in [0.25, 0.3) is 11.1 Å². The van der Waals surface area contributed by atoms with Gasteiger partial charge in [-0.2, -0.15) is 0 Å². The molecule has 0 aromatic heterocycles. The highest BCUT2D eigenvalue weighted by atomic mass is 16.7. The summed E-state index contributed by atoms with van der Waals surface area (Å²) in [4.78, 5) is 11.5. The van der Waals surface area contributed by atoms with Gasteiger partial charge < -0.3 is 33.2 Å². The Bertz CT molecular complexity index is 895.